The third-order valence-electron chi connectivity index (χ3n) is 2.81. The molecular weight excluding hydrogens is 266 g/mol. The summed E-state index contributed by atoms with van der Waals surface area (Å²) in [5.74, 6) is 0.659. The van der Waals surface area contributed by atoms with Gasteiger partial charge in [0.1, 0.15) is 0 Å². The molecule has 1 aromatic carbocycles. The van der Waals surface area contributed by atoms with Crippen LogP contribution in [-0.2, 0) is 6.54 Å². The fraction of sp³-hybridized carbons (Fsp3) is 0.400. The molecule has 0 saturated heterocycles. The second-order valence-electron chi connectivity index (χ2n) is 5.29. The molecule has 6 heteroatoms. The van der Waals surface area contributed by atoms with Crippen molar-refractivity contribution in [2.45, 2.75) is 33.4 Å². The van der Waals surface area contributed by atoms with Gasteiger partial charge in [-0.3, -0.25) is 0 Å². The lowest BCUT2D eigenvalue weighted by Crippen LogP contribution is -2.21. The number of nitrogen functional groups attached to an aromatic ring is 1. The van der Waals surface area contributed by atoms with E-state index in [-0.39, 0.29) is 18.1 Å². The summed E-state index contributed by atoms with van der Waals surface area (Å²) in [6.45, 7) is 6.58. The number of aryl methyl sites for hydroxylation is 1. The maximum absolute atomic E-state index is 5.72. The minimum absolute atomic E-state index is 0.0123. The molecule has 0 unspecified atom stereocenters. The summed E-state index contributed by atoms with van der Waals surface area (Å²) in [6, 6.07) is 8.56. The van der Waals surface area contributed by atoms with Crippen LogP contribution in [0.4, 0.5) is 11.9 Å². The van der Waals surface area contributed by atoms with E-state index in [2.05, 4.69) is 40.1 Å². The Kier molecular flexibility index (Phi) is 4.57. The molecule has 0 bridgehead atoms. The van der Waals surface area contributed by atoms with Gasteiger partial charge in [-0.15, -0.1) is 0 Å². The molecule has 0 spiro atoms. The molecule has 112 valence electrons. The van der Waals surface area contributed by atoms with Crippen molar-refractivity contribution in [2.24, 2.45) is 0 Å². The highest BCUT2D eigenvalue weighted by Gasteiger charge is 2.11. The molecule has 2 rings (SSSR count). The molecule has 0 aliphatic heterocycles. The number of hydrogen-bond acceptors (Lipinski definition) is 6. The largest absolute Gasteiger partial charge is 0.461 e. The van der Waals surface area contributed by atoms with E-state index in [1.54, 1.807) is 0 Å². The van der Waals surface area contributed by atoms with Gasteiger partial charge in [0.15, 0.2) is 0 Å². The number of aromatic nitrogens is 3. The first kappa shape index (κ1) is 15.0. The quantitative estimate of drug-likeness (QED) is 0.908. The first-order chi connectivity index (χ1) is 9.94. The highest BCUT2D eigenvalue weighted by Crippen LogP contribution is 2.16. The van der Waals surface area contributed by atoms with Crippen LogP contribution in [0.25, 0.3) is 0 Å². The standard InChI is InChI=1S/C15H21N5O/c1-10(2)21-15-18-13(16)17-14(19-15)20(4)9-12-7-5-6-11(3)8-12/h5-8,10H,9H2,1-4H3,(H2,16,17,18,19). The average Bonchev–Trinajstić information content (AvgIpc) is 2.37. The van der Waals surface area contributed by atoms with E-state index in [1.165, 1.54) is 11.1 Å². The van der Waals surface area contributed by atoms with Crippen molar-refractivity contribution < 1.29 is 4.74 Å². The van der Waals surface area contributed by atoms with E-state index in [0.29, 0.717) is 12.5 Å². The summed E-state index contributed by atoms with van der Waals surface area (Å²) < 4.78 is 5.49. The minimum atomic E-state index is -0.0123. The van der Waals surface area contributed by atoms with E-state index in [9.17, 15) is 0 Å². The zero-order valence-corrected chi connectivity index (χ0v) is 12.9. The molecule has 0 atom stereocenters. The smallest absolute Gasteiger partial charge is 0.323 e. The second-order valence-corrected chi connectivity index (χ2v) is 5.29. The Balaban J connectivity index is 2.18. The van der Waals surface area contributed by atoms with Gasteiger partial charge in [0.2, 0.25) is 11.9 Å². The van der Waals surface area contributed by atoms with Crippen molar-refractivity contribution in [2.75, 3.05) is 17.7 Å². The summed E-state index contributed by atoms with van der Waals surface area (Å²) in [7, 11) is 1.91. The maximum atomic E-state index is 5.72. The van der Waals surface area contributed by atoms with Crippen LogP contribution in [0.2, 0.25) is 0 Å². The van der Waals surface area contributed by atoms with Gasteiger partial charge in [0.25, 0.3) is 0 Å². The average molecular weight is 287 g/mol. The van der Waals surface area contributed by atoms with Gasteiger partial charge in [-0.25, -0.2) is 0 Å². The predicted molar refractivity (Wildman–Crippen MR) is 83.3 cm³/mol. The van der Waals surface area contributed by atoms with E-state index >= 15 is 0 Å². The third kappa shape index (κ3) is 4.30. The molecule has 2 N–H and O–H groups in total. The van der Waals surface area contributed by atoms with Crippen LogP contribution in [0.5, 0.6) is 6.01 Å². The van der Waals surface area contributed by atoms with Crippen LogP contribution < -0.4 is 15.4 Å². The summed E-state index contributed by atoms with van der Waals surface area (Å²) in [6.07, 6.45) is -0.0123. The maximum Gasteiger partial charge on any atom is 0.323 e. The van der Waals surface area contributed by atoms with Crippen molar-refractivity contribution in [3.8, 4) is 6.01 Å². The molecule has 6 nitrogen and oxygen atoms in total. The van der Waals surface area contributed by atoms with Crippen LogP contribution in [-0.4, -0.2) is 28.1 Å². The monoisotopic (exact) mass is 287 g/mol. The van der Waals surface area contributed by atoms with Gasteiger partial charge in [-0.05, 0) is 26.3 Å². The van der Waals surface area contributed by atoms with Gasteiger partial charge in [-0.2, -0.15) is 15.0 Å². The number of benzene rings is 1. The van der Waals surface area contributed by atoms with Gasteiger partial charge >= 0.3 is 6.01 Å². The fourth-order valence-corrected chi connectivity index (χ4v) is 1.95. The number of rotatable bonds is 5. The second kappa shape index (κ2) is 6.39. The zero-order chi connectivity index (χ0) is 15.4. The molecule has 0 amide bonds. The van der Waals surface area contributed by atoms with Gasteiger partial charge in [0.05, 0.1) is 6.10 Å². The van der Waals surface area contributed by atoms with E-state index in [0.717, 1.165) is 0 Å². The Morgan fingerprint density at radius 1 is 1.24 bits per heavy atom. The number of nitrogens with two attached hydrogens (primary N) is 1. The summed E-state index contributed by atoms with van der Waals surface area (Å²) >= 11 is 0. The molecule has 0 saturated carbocycles. The van der Waals surface area contributed by atoms with Crippen LogP contribution in [0.3, 0.4) is 0 Å². The lowest BCUT2D eigenvalue weighted by Gasteiger charge is -2.18. The summed E-state index contributed by atoms with van der Waals surface area (Å²) in [5, 5.41) is 0. The summed E-state index contributed by atoms with van der Waals surface area (Å²) in [5.41, 5.74) is 8.13. The Hall–Kier alpha value is -2.37. The predicted octanol–water partition coefficient (Wildman–Crippen LogP) is 2.19. The topological polar surface area (TPSA) is 77.2 Å². The Bertz CT molecular complexity index is 615. The number of ether oxygens (including phenoxy) is 1. The molecular formula is C15H21N5O. The highest BCUT2D eigenvalue weighted by molar-refractivity contribution is 5.37. The molecule has 1 aromatic heterocycles. The van der Waals surface area contributed by atoms with Crippen molar-refractivity contribution in [3.05, 3.63) is 35.4 Å². The van der Waals surface area contributed by atoms with Gasteiger partial charge < -0.3 is 15.4 Å². The lowest BCUT2D eigenvalue weighted by atomic mass is 10.1. The number of hydrogen-bond donors (Lipinski definition) is 1. The van der Waals surface area contributed by atoms with Crippen LogP contribution in [0.1, 0.15) is 25.0 Å². The van der Waals surface area contributed by atoms with Gasteiger partial charge in [0, 0.05) is 13.6 Å². The summed E-state index contributed by atoms with van der Waals surface area (Å²) in [4.78, 5) is 14.4. The first-order valence-corrected chi connectivity index (χ1v) is 6.89. The van der Waals surface area contributed by atoms with Crippen molar-refractivity contribution in [1.82, 2.24) is 15.0 Å². The van der Waals surface area contributed by atoms with Gasteiger partial charge in [-0.1, -0.05) is 29.8 Å². The van der Waals surface area contributed by atoms with E-state index < -0.39 is 0 Å². The SMILES string of the molecule is Cc1cccc(CN(C)c2nc(N)nc(OC(C)C)n2)c1. The lowest BCUT2D eigenvalue weighted by molar-refractivity contribution is 0.222. The Morgan fingerprint density at radius 3 is 2.67 bits per heavy atom. The molecule has 0 radical (unpaired) electrons. The zero-order valence-electron chi connectivity index (χ0n) is 12.9. The van der Waals surface area contributed by atoms with Crippen molar-refractivity contribution in [1.29, 1.82) is 0 Å². The highest BCUT2D eigenvalue weighted by atomic mass is 16.5. The Morgan fingerprint density at radius 2 is 2.00 bits per heavy atom. The van der Waals surface area contributed by atoms with Crippen molar-refractivity contribution in [3.63, 3.8) is 0 Å². The molecule has 1 heterocycles. The first-order valence-electron chi connectivity index (χ1n) is 6.89. The van der Waals surface area contributed by atoms with E-state index in [4.69, 9.17) is 10.5 Å². The van der Waals surface area contributed by atoms with E-state index in [1.807, 2.05) is 31.9 Å². The van der Waals surface area contributed by atoms with Crippen LogP contribution >= 0.6 is 0 Å². The van der Waals surface area contributed by atoms with Crippen LogP contribution in [0, 0.1) is 6.92 Å². The molecule has 2 aromatic rings. The minimum Gasteiger partial charge on any atom is -0.461 e. The molecule has 0 fully saturated rings. The van der Waals surface area contributed by atoms with Crippen molar-refractivity contribution >= 4 is 11.9 Å². The normalized spacial score (nSPS) is 10.7. The molecule has 0 aliphatic carbocycles. The third-order valence-corrected chi connectivity index (χ3v) is 2.81. The number of anilines is 2. The van der Waals surface area contributed by atoms with Crippen LogP contribution in [0.15, 0.2) is 24.3 Å². The Labute approximate surface area is 125 Å². The fourth-order valence-electron chi connectivity index (χ4n) is 1.95. The molecule has 21 heavy (non-hydrogen) atoms. The number of nitrogens with zero attached hydrogens (tertiary/aromatic N) is 4. The molecule has 0 aliphatic rings.